The Balaban J connectivity index is 1.93. The molecule has 0 radical (unpaired) electrons. The first kappa shape index (κ1) is 11.9. The zero-order valence-corrected chi connectivity index (χ0v) is 10.9. The molecule has 1 aliphatic heterocycles. The van der Waals surface area contributed by atoms with Crippen LogP contribution in [0.25, 0.3) is 0 Å². The molecule has 2 heterocycles. The number of hydrogen-bond donors (Lipinski definition) is 1. The monoisotopic (exact) mass is 261 g/mol. The summed E-state index contributed by atoms with van der Waals surface area (Å²) in [4.78, 5) is 1.42. The first-order valence-corrected chi connectivity index (χ1v) is 7.22. The third-order valence-electron chi connectivity index (χ3n) is 3.67. The van der Waals surface area contributed by atoms with Gasteiger partial charge >= 0.3 is 0 Å². The minimum atomic E-state index is -0.136. The zero-order chi connectivity index (χ0) is 12.4. The Kier molecular flexibility index (Phi) is 3.43. The maximum Gasteiger partial charge on any atom is 0.123 e. The fourth-order valence-corrected chi connectivity index (χ4v) is 3.72. The van der Waals surface area contributed by atoms with Crippen molar-refractivity contribution in [3.05, 3.63) is 58.0 Å². The van der Waals surface area contributed by atoms with Crippen LogP contribution >= 0.6 is 11.3 Å². The van der Waals surface area contributed by atoms with Gasteiger partial charge < -0.3 is 5.32 Å². The number of thiophene rings is 1. The number of piperidine rings is 1. The van der Waals surface area contributed by atoms with Crippen molar-refractivity contribution in [3.8, 4) is 0 Å². The summed E-state index contributed by atoms with van der Waals surface area (Å²) in [6.45, 7) is 1.99. The van der Waals surface area contributed by atoms with Crippen molar-refractivity contribution >= 4 is 11.3 Å². The summed E-state index contributed by atoms with van der Waals surface area (Å²) < 4.78 is 13.4. The van der Waals surface area contributed by atoms with Gasteiger partial charge in [0.2, 0.25) is 0 Å². The highest BCUT2D eigenvalue weighted by Gasteiger charge is 2.28. The van der Waals surface area contributed by atoms with Crippen LogP contribution in [0.1, 0.15) is 28.7 Å². The molecule has 3 heteroatoms. The standard InChI is InChI=1S/C15H16FNS/c16-12-4-1-3-11(9-12)14-10-17-7-6-13(14)15-5-2-8-18-15/h1-5,8-9,13-14,17H,6-7,10H2. The topological polar surface area (TPSA) is 12.0 Å². The Labute approximate surface area is 111 Å². The number of hydrogen-bond acceptors (Lipinski definition) is 2. The molecule has 1 saturated heterocycles. The first-order chi connectivity index (χ1) is 8.84. The van der Waals surface area contributed by atoms with Crippen LogP contribution in [0.5, 0.6) is 0 Å². The van der Waals surface area contributed by atoms with E-state index in [0.717, 1.165) is 25.1 Å². The molecule has 1 fully saturated rings. The van der Waals surface area contributed by atoms with Crippen molar-refractivity contribution < 1.29 is 4.39 Å². The number of nitrogens with one attached hydrogen (secondary N) is 1. The van der Waals surface area contributed by atoms with Crippen LogP contribution in [0, 0.1) is 5.82 Å². The Hall–Kier alpha value is -1.19. The van der Waals surface area contributed by atoms with Crippen LogP contribution in [-0.2, 0) is 0 Å². The fourth-order valence-electron chi connectivity index (χ4n) is 2.79. The molecule has 0 amide bonds. The van der Waals surface area contributed by atoms with Gasteiger partial charge in [0.15, 0.2) is 0 Å². The van der Waals surface area contributed by atoms with E-state index in [0.29, 0.717) is 11.8 Å². The molecule has 1 aromatic carbocycles. The van der Waals surface area contributed by atoms with Gasteiger partial charge in [0, 0.05) is 23.3 Å². The van der Waals surface area contributed by atoms with E-state index in [1.165, 1.54) is 10.9 Å². The third-order valence-corrected chi connectivity index (χ3v) is 4.67. The van der Waals surface area contributed by atoms with Crippen molar-refractivity contribution in [3.63, 3.8) is 0 Å². The van der Waals surface area contributed by atoms with E-state index < -0.39 is 0 Å². The summed E-state index contributed by atoms with van der Waals surface area (Å²) in [6, 6.07) is 11.3. The average molecular weight is 261 g/mol. The van der Waals surface area contributed by atoms with Gasteiger partial charge in [-0.25, -0.2) is 4.39 Å². The SMILES string of the molecule is Fc1cccc(C2CNCCC2c2cccs2)c1. The lowest BCUT2D eigenvalue weighted by molar-refractivity contribution is 0.407. The van der Waals surface area contributed by atoms with E-state index in [1.54, 1.807) is 6.07 Å². The van der Waals surface area contributed by atoms with Gasteiger partial charge in [0.25, 0.3) is 0 Å². The van der Waals surface area contributed by atoms with Crippen LogP contribution < -0.4 is 5.32 Å². The summed E-state index contributed by atoms with van der Waals surface area (Å²) in [5, 5.41) is 5.55. The van der Waals surface area contributed by atoms with Crippen molar-refractivity contribution in [2.45, 2.75) is 18.3 Å². The van der Waals surface area contributed by atoms with E-state index in [9.17, 15) is 4.39 Å². The summed E-state index contributed by atoms with van der Waals surface area (Å²) in [6.07, 6.45) is 1.13. The molecule has 2 aromatic rings. The molecular weight excluding hydrogens is 245 g/mol. The summed E-state index contributed by atoms with van der Waals surface area (Å²) in [7, 11) is 0. The molecule has 3 rings (SSSR count). The van der Waals surface area contributed by atoms with Gasteiger partial charge in [-0.05, 0) is 42.1 Å². The molecular formula is C15H16FNS. The molecule has 2 atom stereocenters. The van der Waals surface area contributed by atoms with Crippen LogP contribution in [0.3, 0.4) is 0 Å². The largest absolute Gasteiger partial charge is 0.316 e. The van der Waals surface area contributed by atoms with Crippen LogP contribution in [-0.4, -0.2) is 13.1 Å². The van der Waals surface area contributed by atoms with Crippen LogP contribution in [0.2, 0.25) is 0 Å². The average Bonchev–Trinajstić information content (AvgIpc) is 2.92. The second kappa shape index (κ2) is 5.21. The van der Waals surface area contributed by atoms with E-state index in [2.05, 4.69) is 22.8 Å². The number of benzene rings is 1. The highest BCUT2D eigenvalue weighted by Crippen LogP contribution is 2.39. The second-order valence-corrected chi connectivity index (χ2v) is 5.76. The lowest BCUT2D eigenvalue weighted by atomic mass is 9.80. The fraction of sp³-hybridized carbons (Fsp3) is 0.333. The molecule has 0 bridgehead atoms. The molecule has 0 saturated carbocycles. The summed E-state index contributed by atoms with van der Waals surface area (Å²) in [5.41, 5.74) is 1.11. The molecule has 1 N–H and O–H groups in total. The van der Waals surface area contributed by atoms with Gasteiger partial charge in [0.1, 0.15) is 5.82 Å². The van der Waals surface area contributed by atoms with Gasteiger partial charge in [-0.1, -0.05) is 18.2 Å². The number of halogens is 1. The molecule has 0 aliphatic carbocycles. The molecule has 18 heavy (non-hydrogen) atoms. The maximum atomic E-state index is 13.4. The minimum Gasteiger partial charge on any atom is -0.316 e. The maximum absolute atomic E-state index is 13.4. The number of rotatable bonds is 2. The van der Waals surface area contributed by atoms with Crippen molar-refractivity contribution in [1.29, 1.82) is 0 Å². The van der Waals surface area contributed by atoms with Gasteiger partial charge in [-0.15, -0.1) is 11.3 Å². The van der Waals surface area contributed by atoms with Crippen molar-refractivity contribution in [1.82, 2.24) is 5.32 Å². The lowest BCUT2D eigenvalue weighted by Crippen LogP contribution is -2.33. The normalized spacial score (nSPS) is 24.1. The minimum absolute atomic E-state index is 0.136. The molecule has 1 nitrogen and oxygen atoms in total. The van der Waals surface area contributed by atoms with E-state index >= 15 is 0 Å². The van der Waals surface area contributed by atoms with Gasteiger partial charge in [-0.2, -0.15) is 0 Å². The highest BCUT2D eigenvalue weighted by molar-refractivity contribution is 7.10. The van der Waals surface area contributed by atoms with Crippen LogP contribution in [0.15, 0.2) is 41.8 Å². The second-order valence-electron chi connectivity index (χ2n) is 4.78. The lowest BCUT2D eigenvalue weighted by Gasteiger charge is -2.32. The Morgan fingerprint density at radius 2 is 2.11 bits per heavy atom. The summed E-state index contributed by atoms with van der Waals surface area (Å²) in [5.74, 6) is 0.768. The Bertz CT molecular complexity index is 509. The first-order valence-electron chi connectivity index (χ1n) is 6.34. The quantitative estimate of drug-likeness (QED) is 0.868. The van der Waals surface area contributed by atoms with Crippen LogP contribution in [0.4, 0.5) is 4.39 Å². The molecule has 94 valence electrons. The van der Waals surface area contributed by atoms with Crippen molar-refractivity contribution in [2.24, 2.45) is 0 Å². The van der Waals surface area contributed by atoms with E-state index in [1.807, 2.05) is 23.5 Å². The Morgan fingerprint density at radius 3 is 2.89 bits per heavy atom. The summed E-state index contributed by atoms with van der Waals surface area (Å²) >= 11 is 1.81. The Morgan fingerprint density at radius 1 is 1.17 bits per heavy atom. The molecule has 1 aliphatic rings. The molecule has 2 unspecified atom stereocenters. The van der Waals surface area contributed by atoms with E-state index in [-0.39, 0.29) is 5.82 Å². The van der Waals surface area contributed by atoms with Gasteiger partial charge in [0.05, 0.1) is 0 Å². The highest BCUT2D eigenvalue weighted by atomic mass is 32.1. The van der Waals surface area contributed by atoms with Crippen molar-refractivity contribution in [2.75, 3.05) is 13.1 Å². The third kappa shape index (κ3) is 2.33. The smallest absolute Gasteiger partial charge is 0.123 e. The van der Waals surface area contributed by atoms with Gasteiger partial charge in [-0.3, -0.25) is 0 Å². The zero-order valence-electron chi connectivity index (χ0n) is 10.1. The van der Waals surface area contributed by atoms with E-state index in [4.69, 9.17) is 0 Å². The molecule has 1 aromatic heterocycles. The molecule has 0 spiro atoms. The predicted molar refractivity (Wildman–Crippen MR) is 73.7 cm³/mol. The predicted octanol–water partition coefficient (Wildman–Crippen LogP) is 3.75.